The van der Waals surface area contributed by atoms with Gasteiger partial charge in [0.15, 0.2) is 6.04 Å². The number of nitrogens with one attached hydrogen (secondary N) is 1. The van der Waals surface area contributed by atoms with E-state index in [1.807, 2.05) is 0 Å². The summed E-state index contributed by atoms with van der Waals surface area (Å²) in [7, 11) is 1.15. The van der Waals surface area contributed by atoms with Crippen LogP contribution in [0, 0.1) is 0 Å². The highest BCUT2D eigenvalue weighted by Gasteiger charge is 2.21. The number of hydrogen-bond donors (Lipinski definition) is 4. The Balaban J connectivity index is 4.15. The summed E-state index contributed by atoms with van der Waals surface area (Å²) in [5.41, 5.74) is 0. The number of ether oxygens (including phenoxy) is 1. The Labute approximate surface area is 105 Å². The highest BCUT2D eigenvalue weighted by atomic mass is 32.1. The van der Waals surface area contributed by atoms with Gasteiger partial charge in [-0.2, -0.15) is 12.6 Å². The van der Waals surface area contributed by atoms with Gasteiger partial charge in [-0.3, -0.25) is 4.79 Å². The van der Waals surface area contributed by atoms with Gasteiger partial charge >= 0.3 is 5.97 Å². The molecule has 6 nitrogen and oxygen atoms in total. The van der Waals surface area contributed by atoms with Crippen molar-refractivity contribution in [2.45, 2.75) is 18.6 Å². The number of aliphatic hydroxyl groups is 2. The molecule has 7 heteroatoms. The van der Waals surface area contributed by atoms with Gasteiger partial charge in [0.05, 0.1) is 26.2 Å². The van der Waals surface area contributed by atoms with E-state index < -0.39 is 30.6 Å². The molecule has 0 spiro atoms. The third-order valence-electron chi connectivity index (χ3n) is 1.86. The fraction of sp³-hybridized carbons (Fsp3) is 0.600. The fourth-order valence-electron chi connectivity index (χ4n) is 1.05. The van der Waals surface area contributed by atoms with E-state index in [0.717, 1.165) is 7.11 Å². The van der Waals surface area contributed by atoms with Gasteiger partial charge in [0.2, 0.25) is 5.91 Å². The molecule has 0 fully saturated rings. The largest absolute Gasteiger partial charge is 0.467 e. The lowest BCUT2D eigenvalue weighted by molar-refractivity contribution is -0.146. The van der Waals surface area contributed by atoms with E-state index in [2.05, 4.69) is 22.7 Å². The maximum Gasteiger partial charge on any atom is 0.330 e. The maximum atomic E-state index is 11.4. The number of rotatable bonds is 7. The van der Waals surface area contributed by atoms with Crippen LogP contribution in [0.25, 0.3) is 0 Å². The summed E-state index contributed by atoms with van der Waals surface area (Å²) in [6, 6.07) is -1.10. The van der Waals surface area contributed by atoms with Crippen molar-refractivity contribution >= 4 is 24.5 Å². The predicted molar refractivity (Wildman–Crippen MR) is 64.6 cm³/mol. The number of amides is 1. The van der Waals surface area contributed by atoms with Crippen molar-refractivity contribution < 1.29 is 24.5 Å². The molecule has 0 aliphatic carbocycles. The minimum absolute atomic E-state index is 0.197. The average Bonchev–Trinajstić information content (AvgIpc) is 2.32. The molecule has 0 saturated carbocycles. The van der Waals surface area contributed by atoms with Crippen LogP contribution in [0.5, 0.6) is 0 Å². The molecular weight excluding hydrogens is 246 g/mol. The summed E-state index contributed by atoms with van der Waals surface area (Å²) in [6.45, 7) is -0.555. The Morgan fingerprint density at radius 1 is 1.53 bits per heavy atom. The molecule has 2 atom stereocenters. The van der Waals surface area contributed by atoms with E-state index >= 15 is 0 Å². The second-order valence-corrected chi connectivity index (χ2v) is 3.57. The molecule has 0 aliphatic heterocycles. The van der Waals surface area contributed by atoms with E-state index in [9.17, 15) is 14.7 Å². The van der Waals surface area contributed by atoms with Crippen molar-refractivity contribution in [2.24, 2.45) is 0 Å². The summed E-state index contributed by atoms with van der Waals surface area (Å²) in [6.07, 6.45) is 1.89. The monoisotopic (exact) mass is 263 g/mol. The van der Waals surface area contributed by atoms with Crippen LogP contribution in [0.2, 0.25) is 0 Å². The van der Waals surface area contributed by atoms with Gasteiger partial charge in [0, 0.05) is 5.75 Å². The summed E-state index contributed by atoms with van der Waals surface area (Å²) in [5.74, 6) is -0.827. The molecule has 98 valence electrons. The summed E-state index contributed by atoms with van der Waals surface area (Å²) in [4.78, 5) is 22.4. The van der Waals surface area contributed by atoms with Crippen LogP contribution in [0.4, 0.5) is 0 Å². The lowest BCUT2D eigenvalue weighted by atomic mass is 10.2. The zero-order chi connectivity index (χ0) is 13.3. The van der Waals surface area contributed by atoms with Crippen LogP contribution in [-0.2, 0) is 14.3 Å². The lowest BCUT2D eigenvalue weighted by Crippen LogP contribution is -2.44. The number of hydrogen-bond acceptors (Lipinski definition) is 6. The Kier molecular flexibility index (Phi) is 8.47. The number of carbonyl (C=O) groups is 2. The second kappa shape index (κ2) is 9.03. The number of thiol groups is 1. The van der Waals surface area contributed by atoms with Crippen LogP contribution in [0.1, 0.15) is 6.42 Å². The normalized spacial score (nSPS) is 14.4. The number of carbonyl (C=O) groups excluding carboxylic acids is 2. The van der Waals surface area contributed by atoms with Crippen molar-refractivity contribution in [2.75, 3.05) is 19.5 Å². The van der Waals surface area contributed by atoms with Crippen LogP contribution < -0.4 is 5.32 Å². The average molecular weight is 263 g/mol. The molecule has 3 N–H and O–H groups in total. The Hall–Kier alpha value is -1.05. The van der Waals surface area contributed by atoms with Crippen LogP contribution in [-0.4, -0.2) is 53.7 Å². The second-order valence-electron chi connectivity index (χ2n) is 3.21. The van der Waals surface area contributed by atoms with E-state index in [1.165, 1.54) is 6.08 Å². The van der Waals surface area contributed by atoms with Crippen LogP contribution >= 0.6 is 12.6 Å². The summed E-state index contributed by atoms with van der Waals surface area (Å²) in [5, 5.41) is 20.5. The highest BCUT2D eigenvalue weighted by Crippen LogP contribution is 1.96. The summed E-state index contributed by atoms with van der Waals surface area (Å²) >= 11 is 3.90. The first kappa shape index (κ1) is 16.0. The van der Waals surface area contributed by atoms with Crippen molar-refractivity contribution in [1.29, 1.82) is 0 Å². The minimum Gasteiger partial charge on any atom is -0.467 e. The van der Waals surface area contributed by atoms with Gasteiger partial charge in [0.25, 0.3) is 0 Å². The standard InChI is InChI=1S/C10H17NO5S/c1-16-10(15)8(6-12)11-9(14)5-7(13)3-2-4-17/h2-3,7-8,12-13,17H,4-6H2,1H3,(H,11,14)/b3-2+/t7?,8-/m1/s1. The van der Waals surface area contributed by atoms with Gasteiger partial charge in [0.1, 0.15) is 0 Å². The molecule has 0 radical (unpaired) electrons. The van der Waals surface area contributed by atoms with Crippen LogP contribution in [0.3, 0.4) is 0 Å². The Morgan fingerprint density at radius 3 is 2.65 bits per heavy atom. The minimum atomic E-state index is -1.10. The molecule has 1 amide bonds. The lowest BCUT2D eigenvalue weighted by Gasteiger charge is -2.14. The molecule has 0 rings (SSSR count). The topological polar surface area (TPSA) is 95.9 Å². The van der Waals surface area contributed by atoms with Crippen molar-refractivity contribution in [3.63, 3.8) is 0 Å². The third kappa shape index (κ3) is 6.98. The molecule has 0 saturated heterocycles. The zero-order valence-electron chi connectivity index (χ0n) is 9.50. The number of methoxy groups -OCH3 is 1. The Morgan fingerprint density at radius 2 is 2.18 bits per heavy atom. The van der Waals surface area contributed by atoms with Crippen molar-refractivity contribution in [3.8, 4) is 0 Å². The van der Waals surface area contributed by atoms with Gasteiger partial charge in [-0.25, -0.2) is 4.79 Å². The molecular formula is C10H17NO5S. The first-order valence-corrected chi connectivity index (χ1v) is 5.62. The molecule has 0 bridgehead atoms. The fourth-order valence-corrected chi connectivity index (χ4v) is 1.17. The number of aliphatic hydroxyl groups excluding tert-OH is 2. The summed E-state index contributed by atoms with van der Waals surface area (Å²) < 4.78 is 4.37. The van der Waals surface area contributed by atoms with E-state index in [0.29, 0.717) is 5.75 Å². The van der Waals surface area contributed by atoms with E-state index in [1.54, 1.807) is 6.08 Å². The predicted octanol–water partition coefficient (Wildman–Crippen LogP) is -1.13. The number of esters is 1. The van der Waals surface area contributed by atoms with Gasteiger partial charge in [-0.1, -0.05) is 12.2 Å². The van der Waals surface area contributed by atoms with Gasteiger partial charge in [-0.15, -0.1) is 0 Å². The van der Waals surface area contributed by atoms with Gasteiger partial charge < -0.3 is 20.3 Å². The molecule has 0 aliphatic rings. The first-order chi connectivity index (χ1) is 8.04. The smallest absolute Gasteiger partial charge is 0.330 e. The molecule has 0 aromatic rings. The van der Waals surface area contributed by atoms with Crippen LogP contribution in [0.15, 0.2) is 12.2 Å². The highest BCUT2D eigenvalue weighted by molar-refractivity contribution is 7.80. The zero-order valence-corrected chi connectivity index (χ0v) is 10.4. The molecule has 0 heterocycles. The van der Waals surface area contributed by atoms with Gasteiger partial charge in [-0.05, 0) is 0 Å². The third-order valence-corrected chi connectivity index (χ3v) is 2.07. The quantitative estimate of drug-likeness (QED) is 0.265. The SMILES string of the molecule is COC(=O)[C@@H](CO)NC(=O)CC(O)/C=C/CS. The first-order valence-electron chi connectivity index (χ1n) is 4.98. The molecule has 1 unspecified atom stereocenters. The Bertz CT molecular complexity index is 282. The van der Waals surface area contributed by atoms with E-state index in [4.69, 9.17) is 5.11 Å². The van der Waals surface area contributed by atoms with Crippen molar-refractivity contribution in [1.82, 2.24) is 5.32 Å². The maximum absolute atomic E-state index is 11.4. The van der Waals surface area contributed by atoms with E-state index in [-0.39, 0.29) is 6.42 Å². The molecule has 17 heavy (non-hydrogen) atoms. The molecule has 0 aromatic carbocycles. The van der Waals surface area contributed by atoms with Crippen molar-refractivity contribution in [3.05, 3.63) is 12.2 Å². The molecule has 0 aromatic heterocycles.